The van der Waals surface area contributed by atoms with Gasteiger partial charge >= 0.3 is 0 Å². The van der Waals surface area contributed by atoms with Gasteiger partial charge in [0.15, 0.2) is 5.78 Å². The van der Waals surface area contributed by atoms with Crippen LogP contribution in [0.4, 0.5) is 0 Å². The minimum atomic E-state index is 0.177. The molecule has 2 rings (SSSR count). The molecule has 2 heteroatoms. The Morgan fingerprint density at radius 1 is 1.45 bits per heavy atom. The van der Waals surface area contributed by atoms with Crippen LogP contribution in [0.5, 0.6) is 0 Å². The van der Waals surface area contributed by atoms with E-state index in [1.165, 1.54) is 5.57 Å². The summed E-state index contributed by atoms with van der Waals surface area (Å²) in [6.07, 6.45) is 1.88. The van der Waals surface area contributed by atoms with Crippen molar-refractivity contribution >= 4 is 17.5 Å². The number of Topliss-reactive ketones (excluding diaryl/α,β-unsaturated/α-hetero) is 1. The van der Waals surface area contributed by atoms with E-state index in [1.807, 2.05) is 0 Å². The van der Waals surface area contributed by atoms with E-state index in [-0.39, 0.29) is 5.41 Å². The molecular weight excluding hydrogens is 156 g/mol. The van der Waals surface area contributed by atoms with Gasteiger partial charge in [-0.2, -0.15) is 0 Å². The number of rotatable bonds is 0. The largest absolute Gasteiger partial charge is 0.294 e. The number of carbonyl (C=O) groups excluding carboxylic acids is 1. The molecule has 0 aromatic carbocycles. The molecule has 0 spiro atoms. The van der Waals surface area contributed by atoms with Crippen molar-refractivity contribution < 1.29 is 4.79 Å². The molecule has 2 aliphatic rings. The minimum Gasteiger partial charge on any atom is -0.294 e. The Hall–Kier alpha value is -0.240. The molecule has 1 aliphatic heterocycles. The minimum absolute atomic E-state index is 0.177. The van der Waals surface area contributed by atoms with Gasteiger partial charge in [-0.3, -0.25) is 4.79 Å². The second-order valence-electron chi connectivity index (χ2n) is 3.89. The summed E-state index contributed by atoms with van der Waals surface area (Å²) in [6, 6.07) is 0. The second-order valence-corrected chi connectivity index (χ2v) is 5.00. The van der Waals surface area contributed by atoms with E-state index < -0.39 is 0 Å². The van der Waals surface area contributed by atoms with Crippen molar-refractivity contribution in [1.29, 1.82) is 0 Å². The standard InChI is InChI=1S/C9H12OS/c1-9(2)5-7(10)8-6(9)3-4-11-8/h3-5H2,1-2H3. The van der Waals surface area contributed by atoms with Crippen LogP contribution in [-0.4, -0.2) is 11.5 Å². The Kier molecular flexibility index (Phi) is 1.43. The molecule has 0 unspecified atom stereocenters. The van der Waals surface area contributed by atoms with Gasteiger partial charge in [0, 0.05) is 12.2 Å². The van der Waals surface area contributed by atoms with Crippen LogP contribution in [0, 0.1) is 5.41 Å². The van der Waals surface area contributed by atoms with Crippen molar-refractivity contribution in [2.75, 3.05) is 5.75 Å². The van der Waals surface area contributed by atoms with Crippen molar-refractivity contribution in [3.05, 3.63) is 10.5 Å². The maximum absolute atomic E-state index is 11.4. The zero-order chi connectivity index (χ0) is 8.06. The third-order valence-corrected chi connectivity index (χ3v) is 3.72. The first-order chi connectivity index (χ1) is 5.11. The Bertz CT molecular complexity index is 250. The lowest BCUT2D eigenvalue weighted by atomic mass is 9.84. The van der Waals surface area contributed by atoms with Crippen LogP contribution in [0.1, 0.15) is 26.7 Å². The lowest BCUT2D eigenvalue weighted by Crippen LogP contribution is -2.11. The van der Waals surface area contributed by atoms with Crippen molar-refractivity contribution in [3.8, 4) is 0 Å². The van der Waals surface area contributed by atoms with E-state index in [2.05, 4.69) is 13.8 Å². The number of allylic oxidation sites excluding steroid dienone is 2. The van der Waals surface area contributed by atoms with Crippen LogP contribution in [0.2, 0.25) is 0 Å². The molecule has 11 heavy (non-hydrogen) atoms. The summed E-state index contributed by atoms with van der Waals surface area (Å²) in [5.74, 6) is 1.51. The lowest BCUT2D eigenvalue weighted by molar-refractivity contribution is -0.115. The molecule has 0 saturated heterocycles. The van der Waals surface area contributed by atoms with Crippen LogP contribution < -0.4 is 0 Å². The smallest absolute Gasteiger partial charge is 0.170 e. The van der Waals surface area contributed by atoms with Crippen LogP contribution in [0.25, 0.3) is 0 Å². The number of hydrogen-bond donors (Lipinski definition) is 0. The molecule has 1 heterocycles. The first-order valence-electron chi connectivity index (χ1n) is 4.01. The lowest BCUT2D eigenvalue weighted by Gasteiger charge is -2.19. The normalized spacial score (nSPS) is 28.0. The van der Waals surface area contributed by atoms with Crippen LogP contribution in [0.3, 0.4) is 0 Å². The van der Waals surface area contributed by atoms with E-state index in [0.29, 0.717) is 5.78 Å². The molecule has 0 aromatic rings. The van der Waals surface area contributed by atoms with Crippen molar-refractivity contribution in [2.45, 2.75) is 26.7 Å². The Balaban J connectivity index is 2.43. The molecule has 1 aliphatic carbocycles. The van der Waals surface area contributed by atoms with Crippen molar-refractivity contribution in [3.63, 3.8) is 0 Å². The fraction of sp³-hybridized carbons (Fsp3) is 0.667. The van der Waals surface area contributed by atoms with E-state index in [1.54, 1.807) is 11.8 Å². The fourth-order valence-electron chi connectivity index (χ4n) is 1.94. The van der Waals surface area contributed by atoms with Gasteiger partial charge in [-0.15, -0.1) is 11.8 Å². The zero-order valence-corrected chi connectivity index (χ0v) is 7.75. The van der Waals surface area contributed by atoms with E-state index in [0.717, 1.165) is 23.5 Å². The molecule has 0 amide bonds. The molecule has 0 bridgehead atoms. The van der Waals surface area contributed by atoms with Crippen LogP contribution in [-0.2, 0) is 4.79 Å². The summed E-state index contributed by atoms with van der Waals surface area (Å²) in [5.41, 5.74) is 1.60. The monoisotopic (exact) mass is 168 g/mol. The summed E-state index contributed by atoms with van der Waals surface area (Å²) in [7, 11) is 0. The van der Waals surface area contributed by atoms with E-state index >= 15 is 0 Å². The molecule has 0 fully saturated rings. The second kappa shape index (κ2) is 2.13. The first-order valence-corrected chi connectivity index (χ1v) is 4.99. The molecule has 0 N–H and O–H groups in total. The fourth-order valence-corrected chi connectivity index (χ4v) is 3.23. The van der Waals surface area contributed by atoms with Gasteiger partial charge in [-0.25, -0.2) is 0 Å². The van der Waals surface area contributed by atoms with E-state index in [9.17, 15) is 4.79 Å². The summed E-state index contributed by atoms with van der Waals surface area (Å²) in [5, 5.41) is 0. The van der Waals surface area contributed by atoms with Crippen molar-refractivity contribution in [1.82, 2.24) is 0 Å². The molecule has 1 nitrogen and oxygen atoms in total. The van der Waals surface area contributed by atoms with Gasteiger partial charge in [0.1, 0.15) is 0 Å². The maximum Gasteiger partial charge on any atom is 0.170 e. The van der Waals surface area contributed by atoms with Gasteiger partial charge in [-0.05, 0) is 17.4 Å². The number of thioether (sulfide) groups is 1. The average molecular weight is 168 g/mol. The average Bonchev–Trinajstić information content (AvgIpc) is 2.37. The van der Waals surface area contributed by atoms with E-state index in [4.69, 9.17) is 0 Å². The van der Waals surface area contributed by atoms with Crippen LogP contribution >= 0.6 is 11.8 Å². The predicted octanol–water partition coefficient (Wildman–Crippen LogP) is 2.38. The first kappa shape index (κ1) is 7.41. The van der Waals surface area contributed by atoms with Crippen molar-refractivity contribution in [2.24, 2.45) is 5.41 Å². The summed E-state index contributed by atoms with van der Waals surface area (Å²) < 4.78 is 0. The molecule has 0 saturated carbocycles. The zero-order valence-electron chi connectivity index (χ0n) is 6.94. The molecule has 60 valence electrons. The van der Waals surface area contributed by atoms with Gasteiger partial charge in [0.2, 0.25) is 0 Å². The number of carbonyl (C=O) groups is 1. The highest BCUT2D eigenvalue weighted by Crippen LogP contribution is 2.50. The third-order valence-electron chi connectivity index (χ3n) is 2.55. The molecular formula is C9H12OS. The van der Waals surface area contributed by atoms with Gasteiger partial charge < -0.3 is 0 Å². The highest BCUT2D eigenvalue weighted by atomic mass is 32.2. The summed E-state index contributed by atoms with van der Waals surface area (Å²) in [4.78, 5) is 12.5. The molecule has 0 radical (unpaired) electrons. The number of ketones is 1. The number of hydrogen-bond acceptors (Lipinski definition) is 2. The Morgan fingerprint density at radius 2 is 2.18 bits per heavy atom. The predicted molar refractivity (Wildman–Crippen MR) is 47.5 cm³/mol. The quantitative estimate of drug-likeness (QED) is 0.552. The van der Waals surface area contributed by atoms with Gasteiger partial charge in [-0.1, -0.05) is 13.8 Å². The maximum atomic E-state index is 11.4. The SMILES string of the molecule is CC1(C)CC(=O)C2=C1CCS2. The molecule has 0 aromatic heterocycles. The highest BCUT2D eigenvalue weighted by molar-refractivity contribution is 8.04. The topological polar surface area (TPSA) is 17.1 Å². The summed E-state index contributed by atoms with van der Waals surface area (Å²) in [6.45, 7) is 4.36. The van der Waals surface area contributed by atoms with Gasteiger partial charge in [0.25, 0.3) is 0 Å². The van der Waals surface area contributed by atoms with Crippen LogP contribution in [0.15, 0.2) is 10.5 Å². The summed E-state index contributed by atoms with van der Waals surface area (Å²) >= 11 is 1.75. The Morgan fingerprint density at radius 3 is 2.82 bits per heavy atom. The highest BCUT2D eigenvalue weighted by Gasteiger charge is 2.40. The van der Waals surface area contributed by atoms with Gasteiger partial charge in [0.05, 0.1) is 4.91 Å². The Labute approximate surface area is 71.2 Å². The molecule has 0 atom stereocenters. The third kappa shape index (κ3) is 0.959.